The summed E-state index contributed by atoms with van der Waals surface area (Å²) in [5.41, 5.74) is 5.13. The third kappa shape index (κ3) is 10.0. The van der Waals surface area contributed by atoms with Gasteiger partial charge in [-0.25, -0.2) is 4.68 Å². The van der Waals surface area contributed by atoms with Gasteiger partial charge in [-0.3, -0.25) is 14.3 Å². The standard InChI is InChI=1S/C34H52N6O4SSi/c1-24-9-11-28(12-10-24)32(37-33(41)30-17-18-35-39(30)19-8-21-45(4)43)34(42)36-29-15-13-27(14-16-29)31-25(2)38-40(26(31)3)23-44-20-22-46(5,6)7/h13-18,24,28,32H,8-12,19-23H2,1-7H3,(H,36,42)(H,37,41)/t24-,28-,32-,45?/m0/s1. The SMILES string of the molecule is Cc1nn(COCC[Si](C)(C)C)c(C)c1-c1ccc(NC(=O)[C@@H](NC(=O)c2ccnn2CCC[S+](C)[O-])[C@H]2CC[C@H](C)CC2)cc1. The van der Waals surface area contributed by atoms with Crippen molar-refractivity contribution >= 4 is 36.8 Å². The minimum atomic E-state index is -1.15. The number of nitrogens with one attached hydrogen (secondary N) is 2. The Kier molecular flexibility index (Phi) is 12.7. The van der Waals surface area contributed by atoms with Gasteiger partial charge in [0.15, 0.2) is 0 Å². The molecule has 2 amide bonds. The molecule has 2 heterocycles. The van der Waals surface area contributed by atoms with Crippen LogP contribution in [0.1, 0.15) is 60.9 Å². The van der Waals surface area contributed by atoms with Gasteiger partial charge in [-0.15, -0.1) is 0 Å². The van der Waals surface area contributed by atoms with Gasteiger partial charge in [-0.2, -0.15) is 10.2 Å². The molecule has 10 nitrogen and oxygen atoms in total. The molecule has 0 spiro atoms. The van der Waals surface area contributed by atoms with Crippen LogP contribution in [-0.4, -0.2) is 68.7 Å². The number of rotatable bonds is 15. The Morgan fingerprint density at radius 1 is 1.09 bits per heavy atom. The second-order valence-corrected chi connectivity index (χ2v) is 21.2. The maximum atomic E-state index is 13.8. The summed E-state index contributed by atoms with van der Waals surface area (Å²) in [4.78, 5) is 27.2. The van der Waals surface area contributed by atoms with Crippen LogP contribution in [0.15, 0.2) is 36.5 Å². The molecule has 46 heavy (non-hydrogen) atoms. The minimum Gasteiger partial charge on any atom is -0.617 e. The van der Waals surface area contributed by atoms with Crippen molar-refractivity contribution in [3.8, 4) is 11.1 Å². The Morgan fingerprint density at radius 2 is 1.78 bits per heavy atom. The van der Waals surface area contributed by atoms with Crippen LogP contribution in [0.5, 0.6) is 0 Å². The summed E-state index contributed by atoms with van der Waals surface area (Å²) >= 11 is -0.907. The van der Waals surface area contributed by atoms with Crippen LogP contribution < -0.4 is 10.6 Å². The molecule has 12 heteroatoms. The van der Waals surface area contributed by atoms with Crippen LogP contribution in [0.4, 0.5) is 5.69 Å². The number of aromatic nitrogens is 4. The molecule has 0 radical (unpaired) electrons. The van der Waals surface area contributed by atoms with Gasteiger partial charge in [0.05, 0.1) is 11.9 Å². The lowest BCUT2D eigenvalue weighted by atomic mass is 9.79. The van der Waals surface area contributed by atoms with Gasteiger partial charge in [-0.05, 0) is 68.3 Å². The molecule has 2 atom stereocenters. The smallest absolute Gasteiger partial charge is 0.270 e. The second kappa shape index (κ2) is 16.3. The monoisotopic (exact) mass is 668 g/mol. The Morgan fingerprint density at radius 3 is 2.43 bits per heavy atom. The summed E-state index contributed by atoms with van der Waals surface area (Å²) in [6.07, 6.45) is 7.72. The molecule has 0 saturated heterocycles. The van der Waals surface area contributed by atoms with E-state index >= 15 is 0 Å². The highest BCUT2D eigenvalue weighted by Gasteiger charge is 2.33. The maximum Gasteiger partial charge on any atom is 0.270 e. The number of anilines is 1. The molecule has 252 valence electrons. The van der Waals surface area contributed by atoms with E-state index in [0.29, 0.717) is 42.7 Å². The van der Waals surface area contributed by atoms with Crippen LogP contribution in [0.2, 0.25) is 25.7 Å². The number of hydrogen-bond donors (Lipinski definition) is 2. The van der Waals surface area contributed by atoms with Crippen molar-refractivity contribution in [1.82, 2.24) is 24.9 Å². The molecule has 3 aromatic rings. The fourth-order valence-corrected chi connectivity index (χ4v) is 7.36. The Labute approximate surface area is 278 Å². The summed E-state index contributed by atoms with van der Waals surface area (Å²) < 4.78 is 21.0. The number of nitrogens with zero attached hydrogens (tertiary/aromatic N) is 4. The number of aryl methyl sites for hydroxylation is 2. The highest BCUT2D eigenvalue weighted by atomic mass is 32.2. The van der Waals surface area contributed by atoms with Crippen LogP contribution >= 0.6 is 0 Å². The van der Waals surface area contributed by atoms with Gasteiger partial charge in [-0.1, -0.05) is 62.7 Å². The van der Waals surface area contributed by atoms with E-state index in [0.717, 1.165) is 60.8 Å². The first-order valence-corrected chi connectivity index (χ1v) is 21.9. The zero-order valence-electron chi connectivity index (χ0n) is 28.6. The Balaban J connectivity index is 1.44. The lowest BCUT2D eigenvalue weighted by molar-refractivity contribution is -0.119. The maximum absolute atomic E-state index is 13.8. The van der Waals surface area contributed by atoms with E-state index in [4.69, 9.17) is 9.84 Å². The second-order valence-electron chi connectivity index (χ2n) is 14.0. The number of carbonyl (C=O) groups excluding carboxylic acids is 2. The predicted molar refractivity (Wildman–Crippen MR) is 188 cm³/mol. The molecule has 2 aromatic heterocycles. The fraction of sp³-hybridized carbons (Fsp3) is 0.588. The van der Waals surface area contributed by atoms with E-state index in [2.05, 4.69) is 49.2 Å². The number of benzene rings is 1. The summed E-state index contributed by atoms with van der Waals surface area (Å²) in [7, 11) is -1.15. The molecular formula is C34H52N6O4SSi. The molecule has 4 rings (SSSR count). The lowest BCUT2D eigenvalue weighted by Gasteiger charge is -2.32. The largest absolute Gasteiger partial charge is 0.617 e. The molecule has 0 aliphatic heterocycles. The number of carbonyl (C=O) groups is 2. The fourth-order valence-electron chi connectivity index (χ4n) is 6.06. The number of amides is 2. The van der Waals surface area contributed by atoms with Gasteiger partial charge in [0.1, 0.15) is 24.2 Å². The van der Waals surface area contributed by atoms with Crippen molar-refractivity contribution in [2.75, 3.05) is 23.9 Å². The quantitative estimate of drug-likeness (QED) is 0.116. The summed E-state index contributed by atoms with van der Waals surface area (Å²) in [6, 6.07) is 9.92. The third-order valence-electron chi connectivity index (χ3n) is 8.88. The van der Waals surface area contributed by atoms with Crippen molar-refractivity contribution in [2.24, 2.45) is 11.8 Å². The highest BCUT2D eigenvalue weighted by molar-refractivity contribution is 7.90. The van der Waals surface area contributed by atoms with Crippen LogP contribution in [0.25, 0.3) is 11.1 Å². The summed E-state index contributed by atoms with van der Waals surface area (Å²) in [5.74, 6) is 0.657. The van der Waals surface area contributed by atoms with Gasteiger partial charge < -0.3 is 19.9 Å². The number of ether oxygens (including phenoxy) is 1. The van der Waals surface area contributed by atoms with Gasteiger partial charge in [0.2, 0.25) is 5.91 Å². The summed E-state index contributed by atoms with van der Waals surface area (Å²) in [5, 5.41) is 15.1. The topological polar surface area (TPSA) is 126 Å². The van der Waals surface area contributed by atoms with Gasteiger partial charge >= 0.3 is 0 Å². The van der Waals surface area contributed by atoms with Crippen molar-refractivity contribution in [2.45, 2.75) is 97.9 Å². The molecule has 1 aliphatic carbocycles. The minimum absolute atomic E-state index is 0.0439. The third-order valence-corrected chi connectivity index (χ3v) is 11.5. The molecule has 1 aromatic carbocycles. The first-order chi connectivity index (χ1) is 21.8. The van der Waals surface area contributed by atoms with Gasteiger partial charge in [0.25, 0.3) is 5.91 Å². The molecule has 0 bridgehead atoms. The Bertz CT molecular complexity index is 1440. The molecule has 1 aliphatic rings. The summed E-state index contributed by atoms with van der Waals surface area (Å²) in [6.45, 7) is 15.0. The highest BCUT2D eigenvalue weighted by Crippen LogP contribution is 2.32. The van der Waals surface area contributed by atoms with Crippen molar-refractivity contribution in [3.05, 3.63) is 53.6 Å². The van der Waals surface area contributed by atoms with Crippen molar-refractivity contribution in [1.29, 1.82) is 0 Å². The van der Waals surface area contributed by atoms with Crippen LogP contribution in [0, 0.1) is 25.7 Å². The zero-order chi connectivity index (χ0) is 33.4. The van der Waals surface area contributed by atoms with E-state index in [9.17, 15) is 14.1 Å². The molecule has 2 N–H and O–H groups in total. The molecule has 1 saturated carbocycles. The average molecular weight is 669 g/mol. The van der Waals surface area contributed by atoms with Crippen LogP contribution in [-0.2, 0) is 34.0 Å². The number of hydrogen-bond acceptors (Lipinski definition) is 6. The average Bonchev–Trinajstić information content (AvgIpc) is 3.57. The van der Waals surface area contributed by atoms with E-state index in [1.807, 2.05) is 35.9 Å². The van der Waals surface area contributed by atoms with Crippen LogP contribution in [0.3, 0.4) is 0 Å². The van der Waals surface area contributed by atoms with Crippen molar-refractivity contribution < 1.29 is 18.9 Å². The first-order valence-electron chi connectivity index (χ1n) is 16.5. The molecular weight excluding hydrogens is 617 g/mol. The molecule has 1 unspecified atom stereocenters. The van der Waals surface area contributed by atoms with Crippen molar-refractivity contribution in [3.63, 3.8) is 0 Å². The first kappa shape index (κ1) is 35.9. The van der Waals surface area contributed by atoms with Gasteiger partial charge in [0, 0.05) is 50.8 Å². The zero-order valence-corrected chi connectivity index (χ0v) is 30.4. The van der Waals surface area contributed by atoms with E-state index < -0.39 is 25.3 Å². The van der Waals surface area contributed by atoms with E-state index in [1.54, 1.807) is 23.2 Å². The van der Waals surface area contributed by atoms with E-state index in [-0.39, 0.29) is 17.7 Å². The predicted octanol–water partition coefficient (Wildman–Crippen LogP) is 6.01. The lowest BCUT2D eigenvalue weighted by Crippen LogP contribution is -2.49. The molecule has 1 fully saturated rings. The van der Waals surface area contributed by atoms with E-state index in [1.165, 1.54) is 0 Å². The Hall–Kier alpha value is -2.93. The normalized spacial score (nSPS) is 18.3.